The number of thioether (sulfide) groups is 1. The summed E-state index contributed by atoms with van der Waals surface area (Å²) in [4.78, 5) is 13.2. The molecular formula is C20H24N2O6S2. The molecule has 0 fully saturated rings. The second kappa shape index (κ2) is 9.59. The highest BCUT2D eigenvalue weighted by Gasteiger charge is 2.23. The van der Waals surface area contributed by atoms with Crippen LogP contribution in [0.15, 0.2) is 46.2 Å². The molecule has 2 aromatic rings. The summed E-state index contributed by atoms with van der Waals surface area (Å²) >= 11 is 1.29. The minimum Gasteiger partial charge on any atom is -0.506 e. The predicted molar refractivity (Wildman–Crippen MR) is 115 cm³/mol. The molecule has 0 saturated heterocycles. The molecule has 30 heavy (non-hydrogen) atoms. The molecule has 1 aliphatic rings. The highest BCUT2D eigenvalue weighted by Crippen LogP contribution is 2.34. The van der Waals surface area contributed by atoms with Gasteiger partial charge in [-0.3, -0.25) is 4.79 Å². The molecule has 2 N–H and O–H groups in total. The van der Waals surface area contributed by atoms with Crippen LogP contribution in [-0.2, 0) is 14.8 Å². The number of anilines is 1. The van der Waals surface area contributed by atoms with E-state index in [0.717, 1.165) is 4.90 Å². The van der Waals surface area contributed by atoms with Gasteiger partial charge in [-0.1, -0.05) is 13.8 Å². The maximum atomic E-state index is 12.7. The highest BCUT2D eigenvalue weighted by molar-refractivity contribution is 8.00. The molecule has 0 unspecified atom stereocenters. The first kappa shape index (κ1) is 22.3. The number of nitrogens with one attached hydrogen (secondary N) is 1. The molecule has 0 aliphatic carbocycles. The summed E-state index contributed by atoms with van der Waals surface area (Å²) in [5.41, 5.74) is 0.0519. The number of aromatic hydroxyl groups is 1. The van der Waals surface area contributed by atoms with Gasteiger partial charge in [0.1, 0.15) is 19.0 Å². The van der Waals surface area contributed by atoms with E-state index in [-0.39, 0.29) is 28.0 Å². The number of carbonyl (C=O) groups excluding carboxylic acids is 1. The number of ether oxygens (including phenoxy) is 2. The van der Waals surface area contributed by atoms with Crippen molar-refractivity contribution >= 4 is 33.4 Å². The van der Waals surface area contributed by atoms with Crippen LogP contribution in [0.3, 0.4) is 0 Å². The Kier molecular flexibility index (Phi) is 7.11. The van der Waals surface area contributed by atoms with Crippen LogP contribution < -0.4 is 14.8 Å². The number of phenolic OH excluding ortho intramolecular Hbond substituents is 1. The minimum absolute atomic E-state index is 0.0128. The van der Waals surface area contributed by atoms with Crippen LogP contribution in [0.25, 0.3) is 0 Å². The Bertz CT molecular complexity index is 1020. The van der Waals surface area contributed by atoms with E-state index in [9.17, 15) is 18.3 Å². The smallest absolute Gasteiger partial charge is 0.243 e. The van der Waals surface area contributed by atoms with Crippen molar-refractivity contribution in [3.05, 3.63) is 36.4 Å². The van der Waals surface area contributed by atoms with Gasteiger partial charge in [0.25, 0.3) is 0 Å². The monoisotopic (exact) mass is 452 g/mol. The maximum absolute atomic E-state index is 12.7. The number of hydrogen-bond acceptors (Lipinski definition) is 7. The summed E-state index contributed by atoms with van der Waals surface area (Å²) < 4.78 is 37.7. The van der Waals surface area contributed by atoms with Gasteiger partial charge < -0.3 is 19.9 Å². The largest absolute Gasteiger partial charge is 0.506 e. The SMILES string of the molecule is CCN(CC)S(=O)(=O)c1ccc(O)c(NC(=O)CSc2ccc3c(c2)OCCO3)c1. The molecule has 10 heteroatoms. The highest BCUT2D eigenvalue weighted by atomic mass is 32.2. The van der Waals surface area contributed by atoms with Crippen molar-refractivity contribution < 1.29 is 27.8 Å². The first-order valence-corrected chi connectivity index (χ1v) is 11.9. The van der Waals surface area contributed by atoms with Gasteiger partial charge in [0.05, 0.1) is 16.3 Å². The number of fused-ring (bicyclic) bond motifs is 1. The number of nitrogens with zero attached hydrogens (tertiary/aromatic N) is 1. The molecule has 0 radical (unpaired) electrons. The van der Waals surface area contributed by atoms with E-state index in [2.05, 4.69) is 5.32 Å². The lowest BCUT2D eigenvalue weighted by molar-refractivity contribution is -0.113. The number of rotatable bonds is 8. The molecule has 8 nitrogen and oxygen atoms in total. The quantitative estimate of drug-likeness (QED) is 0.469. The molecule has 1 aliphatic heterocycles. The van der Waals surface area contributed by atoms with Crippen LogP contribution in [-0.4, -0.2) is 55.8 Å². The topological polar surface area (TPSA) is 105 Å². The summed E-state index contributed by atoms with van der Waals surface area (Å²) in [5, 5.41) is 12.6. The van der Waals surface area contributed by atoms with E-state index in [1.165, 1.54) is 34.3 Å². The number of carbonyl (C=O) groups is 1. The third-order valence-corrected chi connectivity index (χ3v) is 7.51. The van der Waals surface area contributed by atoms with Crippen LogP contribution in [0.5, 0.6) is 17.2 Å². The van der Waals surface area contributed by atoms with Crippen LogP contribution in [0.4, 0.5) is 5.69 Å². The number of sulfonamides is 1. The zero-order valence-electron chi connectivity index (χ0n) is 16.8. The van der Waals surface area contributed by atoms with Gasteiger partial charge >= 0.3 is 0 Å². The van der Waals surface area contributed by atoms with Gasteiger partial charge in [0.15, 0.2) is 11.5 Å². The van der Waals surface area contributed by atoms with E-state index < -0.39 is 10.0 Å². The van der Waals surface area contributed by atoms with Crippen molar-refractivity contribution in [1.29, 1.82) is 0 Å². The van der Waals surface area contributed by atoms with E-state index in [1.807, 2.05) is 6.07 Å². The summed E-state index contributed by atoms with van der Waals surface area (Å²) in [7, 11) is -3.70. The van der Waals surface area contributed by atoms with Crippen molar-refractivity contribution in [2.45, 2.75) is 23.6 Å². The normalized spacial score (nSPS) is 13.3. The van der Waals surface area contributed by atoms with Gasteiger partial charge in [0, 0.05) is 18.0 Å². The molecule has 0 atom stereocenters. The van der Waals surface area contributed by atoms with Gasteiger partial charge in [-0.15, -0.1) is 11.8 Å². The van der Waals surface area contributed by atoms with Crippen LogP contribution in [0.2, 0.25) is 0 Å². The second-order valence-corrected chi connectivity index (χ2v) is 9.40. The summed E-state index contributed by atoms with van der Waals surface area (Å²) in [6, 6.07) is 9.29. The van der Waals surface area contributed by atoms with Crippen molar-refractivity contribution in [2.24, 2.45) is 0 Å². The maximum Gasteiger partial charge on any atom is 0.243 e. The van der Waals surface area contributed by atoms with Crippen molar-refractivity contribution in [3.63, 3.8) is 0 Å². The molecule has 1 heterocycles. The first-order valence-electron chi connectivity index (χ1n) is 9.50. The zero-order valence-corrected chi connectivity index (χ0v) is 18.4. The fourth-order valence-electron chi connectivity index (χ4n) is 2.94. The Morgan fingerprint density at radius 3 is 2.50 bits per heavy atom. The Morgan fingerprint density at radius 2 is 1.80 bits per heavy atom. The second-order valence-electron chi connectivity index (χ2n) is 6.41. The Balaban J connectivity index is 1.68. The van der Waals surface area contributed by atoms with Crippen LogP contribution >= 0.6 is 11.8 Å². The van der Waals surface area contributed by atoms with E-state index >= 15 is 0 Å². The molecule has 1 amide bonds. The van der Waals surface area contributed by atoms with Gasteiger partial charge in [-0.05, 0) is 36.4 Å². The third-order valence-electron chi connectivity index (χ3n) is 4.47. The minimum atomic E-state index is -3.70. The number of hydrogen-bond donors (Lipinski definition) is 2. The lowest BCUT2D eigenvalue weighted by Gasteiger charge is -2.19. The average molecular weight is 453 g/mol. The number of amides is 1. The predicted octanol–water partition coefficient (Wildman–Crippen LogP) is 2.92. The summed E-state index contributed by atoms with van der Waals surface area (Å²) in [6.45, 7) is 5.14. The first-order chi connectivity index (χ1) is 14.3. The molecule has 0 spiro atoms. The van der Waals surface area contributed by atoms with Crippen LogP contribution in [0, 0.1) is 0 Å². The van der Waals surface area contributed by atoms with Crippen molar-refractivity contribution in [3.8, 4) is 17.2 Å². The number of benzene rings is 2. The van der Waals surface area contributed by atoms with Gasteiger partial charge in [-0.2, -0.15) is 4.31 Å². The fourth-order valence-corrected chi connectivity index (χ4v) is 5.15. The van der Waals surface area contributed by atoms with Crippen molar-refractivity contribution in [2.75, 3.05) is 37.4 Å². The molecule has 162 valence electrons. The molecule has 0 aromatic heterocycles. The molecule has 0 saturated carbocycles. The Labute approximate surface area is 180 Å². The molecule has 3 rings (SSSR count). The lowest BCUT2D eigenvalue weighted by atomic mass is 10.3. The summed E-state index contributed by atoms with van der Waals surface area (Å²) in [6.07, 6.45) is 0. The van der Waals surface area contributed by atoms with E-state index in [1.54, 1.807) is 26.0 Å². The molecule has 2 aromatic carbocycles. The standard InChI is InChI=1S/C20H24N2O6S2/c1-3-22(4-2)30(25,26)15-6-7-17(23)16(12-15)21-20(24)13-29-14-5-8-18-19(11-14)28-10-9-27-18/h5-8,11-12,23H,3-4,9-10,13H2,1-2H3,(H,21,24). The molecular weight excluding hydrogens is 428 g/mol. The Hall–Kier alpha value is -2.43. The number of phenols is 1. The fraction of sp³-hybridized carbons (Fsp3) is 0.350. The lowest BCUT2D eigenvalue weighted by Crippen LogP contribution is -2.30. The average Bonchev–Trinajstić information content (AvgIpc) is 2.74. The van der Waals surface area contributed by atoms with Crippen LogP contribution in [0.1, 0.15) is 13.8 Å². The van der Waals surface area contributed by atoms with Gasteiger partial charge in [0.2, 0.25) is 15.9 Å². The Morgan fingerprint density at radius 1 is 1.10 bits per heavy atom. The molecule has 0 bridgehead atoms. The van der Waals surface area contributed by atoms with Crippen molar-refractivity contribution in [1.82, 2.24) is 4.31 Å². The third kappa shape index (κ3) is 5.00. The zero-order chi connectivity index (χ0) is 21.7. The van der Waals surface area contributed by atoms with Gasteiger partial charge in [-0.25, -0.2) is 8.42 Å². The summed E-state index contributed by atoms with van der Waals surface area (Å²) in [5.74, 6) is 0.810. The van der Waals surface area contributed by atoms with E-state index in [4.69, 9.17) is 9.47 Å². The van der Waals surface area contributed by atoms with E-state index in [0.29, 0.717) is 37.8 Å².